The summed E-state index contributed by atoms with van der Waals surface area (Å²) in [5.74, 6) is -0.373. The van der Waals surface area contributed by atoms with Gasteiger partial charge in [-0.1, -0.05) is 6.07 Å². The molecule has 2 aromatic rings. The molecule has 4 rings (SSSR count). The highest BCUT2D eigenvalue weighted by atomic mass is 32.2. The third-order valence-electron chi connectivity index (χ3n) is 5.82. The molecule has 2 aliphatic rings. The molecule has 0 saturated carbocycles. The van der Waals surface area contributed by atoms with Gasteiger partial charge >= 0.3 is 0 Å². The smallest absolute Gasteiger partial charge is 0.240 e. The van der Waals surface area contributed by atoms with Crippen molar-refractivity contribution in [3.8, 4) is 12.1 Å². The Labute approximate surface area is 192 Å². The van der Waals surface area contributed by atoms with Gasteiger partial charge in [0.25, 0.3) is 0 Å². The van der Waals surface area contributed by atoms with Gasteiger partial charge < -0.3 is 4.74 Å². The highest BCUT2D eigenvalue weighted by molar-refractivity contribution is 7.89. The van der Waals surface area contributed by atoms with E-state index in [0.717, 1.165) is 0 Å². The van der Waals surface area contributed by atoms with Crippen LogP contribution in [0.5, 0.6) is 0 Å². The van der Waals surface area contributed by atoms with E-state index in [0.29, 0.717) is 56.0 Å². The molecule has 10 heteroatoms. The van der Waals surface area contributed by atoms with Crippen LogP contribution >= 0.6 is 0 Å². The van der Waals surface area contributed by atoms with Gasteiger partial charge in [-0.05, 0) is 36.4 Å². The predicted octanol–water partition coefficient (Wildman–Crippen LogP) is 1.43. The Hall–Kier alpha value is -2.86. The fourth-order valence-electron chi connectivity index (χ4n) is 4.29. The number of nitriles is 2. The summed E-state index contributed by atoms with van der Waals surface area (Å²) in [6.07, 6.45) is -0.0665. The zero-order chi connectivity index (χ0) is 23.4. The number of sulfonamides is 1. The second-order valence-electron chi connectivity index (χ2n) is 8.29. The van der Waals surface area contributed by atoms with E-state index in [2.05, 4.69) is 14.5 Å². The Morgan fingerprint density at radius 2 is 1.58 bits per heavy atom. The number of hydrogen-bond acceptors (Lipinski definition) is 7. The van der Waals surface area contributed by atoms with Crippen LogP contribution in [-0.2, 0) is 21.3 Å². The minimum Gasteiger partial charge on any atom is -0.370 e. The van der Waals surface area contributed by atoms with Gasteiger partial charge in [-0.15, -0.1) is 0 Å². The normalized spacial score (nSPS) is 21.3. The lowest BCUT2D eigenvalue weighted by molar-refractivity contribution is -0.139. The predicted molar refractivity (Wildman–Crippen MR) is 118 cm³/mol. The van der Waals surface area contributed by atoms with E-state index in [4.69, 9.17) is 15.3 Å². The van der Waals surface area contributed by atoms with Crippen LogP contribution in [0.4, 0.5) is 4.39 Å². The minimum atomic E-state index is -3.64. The molecule has 33 heavy (non-hydrogen) atoms. The molecule has 0 amide bonds. The van der Waals surface area contributed by atoms with Crippen molar-refractivity contribution in [2.45, 2.75) is 23.6 Å². The van der Waals surface area contributed by atoms with Crippen molar-refractivity contribution in [2.24, 2.45) is 0 Å². The van der Waals surface area contributed by atoms with Crippen molar-refractivity contribution in [3.05, 3.63) is 65.0 Å². The van der Waals surface area contributed by atoms with E-state index in [1.165, 1.54) is 30.3 Å². The molecule has 2 bridgehead atoms. The molecule has 0 radical (unpaired) electrons. The monoisotopic (exact) mass is 469 g/mol. The van der Waals surface area contributed by atoms with Crippen molar-refractivity contribution in [2.75, 3.05) is 39.3 Å². The highest BCUT2D eigenvalue weighted by Gasteiger charge is 2.35. The van der Waals surface area contributed by atoms with E-state index in [9.17, 15) is 12.8 Å². The topological polar surface area (TPSA) is 109 Å². The van der Waals surface area contributed by atoms with E-state index in [-0.39, 0.29) is 29.5 Å². The molecule has 2 fully saturated rings. The first-order valence-electron chi connectivity index (χ1n) is 10.6. The quantitative estimate of drug-likeness (QED) is 0.653. The number of hydrogen-bond donors (Lipinski definition) is 1. The summed E-state index contributed by atoms with van der Waals surface area (Å²) in [7, 11) is -3.64. The second-order valence-corrected chi connectivity index (χ2v) is 10.1. The first kappa shape index (κ1) is 23.3. The van der Waals surface area contributed by atoms with E-state index in [1.807, 2.05) is 12.1 Å². The van der Waals surface area contributed by atoms with Gasteiger partial charge in [0.05, 0.1) is 40.4 Å². The van der Waals surface area contributed by atoms with Crippen molar-refractivity contribution in [1.82, 2.24) is 14.5 Å². The number of morpholine rings is 2. The zero-order valence-corrected chi connectivity index (χ0v) is 18.8. The summed E-state index contributed by atoms with van der Waals surface area (Å²) in [5, 5.41) is 17.7. The number of benzene rings is 2. The molecule has 1 N–H and O–H groups in total. The maximum atomic E-state index is 14.3. The summed E-state index contributed by atoms with van der Waals surface area (Å²) < 4.78 is 47.8. The average Bonchev–Trinajstić information content (AvgIpc) is 2.80. The number of rotatable bonds is 7. The maximum Gasteiger partial charge on any atom is 0.240 e. The Balaban J connectivity index is 1.27. The van der Waals surface area contributed by atoms with Gasteiger partial charge in [0.2, 0.25) is 10.0 Å². The first-order valence-corrected chi connectivity index (χ1v) is 12.1. The Bertz CT molecular complexity index is 1180. The number of nitrogens with one attached hydrogen (secondary N) is 1. The van der Waals surface area contributed by atoms with E-state index < -0.39 is 10.0 Å². The van der Waals surface area contributed by atoms with Gasteiger partial charge in [0, 0.05) is 51.4 Å². The molecule has 8 nitrogen and oxygen atoms in total. The fraction of sp³-hybridized carbons (Fsp3) is 0.391. The van der Waals surface area contributed by atoms with Crippen molar-refractivity contribution in [1.29, 1.82) is 10.5 Å². The minimum absolute atomic E-state index is 0.0333. The molecule has 2 heterocycles. The standard InChI is InChI=1S/C23H24FN5O3S/c24-23-9-18(11-26)1-4-19(23)12-29-15-20-13-28(14-21(16-29)32-20)8-7-27-33(30,31)22-5-2-17(10-25)3-6-22/h1-6,9,20-21,27H,7-8,12-16H2. The molecule has 0 aliphatic carbocycles. The van der Waals surface area contributed by atoms with Gasteiger partial charge in [0.1, 0.15) is 5.82 Å². The molecular weight excluding hydrogens is 445 g/mol. The van der Waals surface area contributed by atoms with Crippen LogP contribution in [-0.4, -0.2) is 69.7 Å². The molecule has 2 atom stereocenters. The molecule has 2 unspecified atom stereocenters. The van der Waals surface area contributed by atoms with Crippen LogP contribution in [0.25, 0.3) is 0 Å². The van der Waals surface area contributed by atoms with E-state index >= 15 is 0 Å². The Morgan fingerprint density at radius 1 is 0.970 bits per heavy atom. The molecule has 0 spiro atoms. The largest absolute Gasteiger partial charge is 0.370 e. The Kier molecular flexibility index (Phi) is 7.03. The van der Waals surface area contributed by atoms with Crippen LogP contribution in [0.3, 0.4) is 0 Å². The molecule has 0 aromatic heterocycles. The summed E-state index contributed by atoms with van der Waals surface area (Å²) in [6.45, 7) is 3.92. The number of nitrogens with zero attached hydrogens (tertiary/aromatic N) is 4. The maximum absolute atomic E-state index is 14.3. The van der Waals surface area contributed by atoms with Crippen LogP contribution < -0.4 is 4.72 Å². The van der Waals surface area contributed by atoms with Crippen LogP contribution in [0.15, 0.2) is 47.4 Å². The average molecular weight is 470 g/mol. The summed E-state index contributed by atoms with van der Waals surface area (Å²) in [4.78, 5) is 4.47. The van der Waals surface area contributed by atoms with Crippen LogP contribution in [0.2, 0.25) is 0 Å². The lowest BCUT2D eigenvalue weighted by Crippen LogP contribution is -2.59. The Morgan fingerprint density at radius 3 is 2.18 bits per heavy atom. The number of fused-ring (bicyclic) bond motifs is 2. The van der Waals surface area contributed by atoms with Gasteiger partial charge in [0.15, 0.2) is 0 Å². The fourth-order valence-corrected chi connectivity index (χ4v) is 5.31. The highest BCUT2D eigenvalue weighted by Crippen LogP contribution is 2.22. The first-order chi connectivity index (χ1) is 15.9. The third-order valence-corrected chi connectivity index (χ3v) is 7.30. The lowest BCUT2D eigenvalue weighted by atomic mass is 10.1. The number of ether oxygens (including phenoxy) is 1. The summed E-state index contributed by atoms with van der Waals surface area (Å²) in [5.41, 5.74) is 1.27. The van der Waals surface area contributed by atoms with E-state index in [1.54, 1.807) is 12.1 Å². The van der Waals surface area contributed by atoms with Gasteiger partial charge in [-0.25, -0.2) is 17.5 Å². The van der Waals surface area contributed by atoms with Crippen molar-refractivity contribution in [3.63, 3.8) is 0 Å². The van der Waals surface area contributed by atoms with Crippen molar-refractivity contribution < 1.29 is 17.5 Å². The van der Waals surface area contributed by atoms with Gasteiger partial charge in [-0.3, -0.25) is 9.80 Å². The molecule has 172 valence electrons. The third kappa shape index (κ3) is 5.74. The second kappa shape index (κ2) is 9.96. The van der Waals surface area contributed by atoms with Crippen LogP contribution in [0, 0.1) is 28.5 Å². The molecule has 2 aromatic carbocycles. The van der Waals surface area contributed by atoms with Crippen molar-refractivity contribution >= 4 is 10.0 Å². The lowest BCUT2D eigenvalue weighted by Gasteiger charge is -2.46. The van der Waals surface area contributed by atoms with Crippen LogP contribution in [0.1, 0.15) is 16.7 Å². The molecular formula is C23H24FN5O3S. The summed E-state index contributed by atoms with van der Waals surface area (Å²) in [6, 6.07) is 14.3. The van der Waals surface area contributed by atoms with Gasteiger partial charge in [-0.2, -0.15) is 10.5 Å². The summed E-state index contributed by atoms with van der Waals surface area (Å²) >= 11 is 0. The number of halogens is 1. The SMILES string of the molecule is N#Cc1ccc(S(=O)(=O)NCCN2CC3CN(Cc4ccc(C#N)cc4F)CC(C2)O3)cc1. The molecule has 2 saturated heterocycles. The zero-order valence-electron chi connectivity index (χ0n) is 17.9. The molecule has 2 aliphatic heterocycles.